The molecule has 3 aromatic rings. The molecule has 0 atom stereocenters. The third-order valence-corrected chi connectivity index (χ3v) is 10.6. The minimum atomic E-state index is -4.31. The summed E-state index contributed by atoms with van der Waals surface area (Å²) in [6.07, 6.45) is 5.40. The molecule has 188 valence electrons. The van der Waals surface area contributed by atoms with Gasteiger partial charge in [0.1, 0.15) is 0 Å². The van der Waals surface area contributed by atoms with Crippen LogP contribution in [0.5, 0.6) is 0 Å². The standard InChI is InChI=1S/C26H31BrN2O4S2/c1-2-3-4-5-6-7-20-29(35(32,33)26-18-14-24(28)15-19-26)34(30,31)25-16-10-22(11-17-25)21-8-12-23(27)13-9-21/h8-19H,2-7,20,28H2,1H3. The van der Waals surface area contributed by atoms with Crippen LogP contribution in [0.2, 0.25) is 0 Å². The van der Waals surface area contributed by atoms with Crippen molar-refractivity contribution in [3.63, 3.8) is 0 Å². The van der Waals surface area contributed by atoms with E-state index >= 15 is 0 Å². The Morgan fingerprint density at radius 2 is 1.09 bits per heavy atom. The molecule has 0 fully saturated rings. The predicted molar refractivity (Wildman–Crippen MR) is 145 cm³/mol. The van der Waals surface area contributed by atoms with Crippen LogP contribution < -0.4 is 5.73 Å². The van der Waals surface area contributed by atoms with Gasteiger partial charge in [-0.15, -0.1) is 0 Å². The number of nitrogens with zero attached hydrogens (tertiary/aromatic N) is 1. The molecule has 35 heavy (non-hydrogen) atoms. The van der Waals surface area contributed by atoms with Crippen LogP contribution in [-0.4, -0.2) is 27.1 Å². The van der Waals surface area contributed by atoms with Gasteiger partial charge in [-0.25, -0.2) is 16.8 Å². The summed E-state index contributed by atoms with van der Waals surface area (Å²) in [5.41, 5.74) is 7.86. The Bertz CT molecular complexity index is 1310. The molecule has 0 aliphatic carbocycles. The van der Waals surface area contributed by atoms with Crippen LogP contribution in [0.4, 0.5) is 5.69 Å². The van der Waals surface area contributed by atoms with Gasteiger partial charge in [-0.1, -0.05) is 82.9 Å². The number of anilines is 1. The maximum absolute atomic E-state index is 13.6. The summed E-state index contributed by atoms with van der Waals surface area (Å²) in [5, 5.41) is 0. The van der Waals surface area contributed by atoms with E-state index in [4.69, 9.17) is 5.73 Å². The van der Waals surface area contributed by atoms with Crippen molar-refractivity contribution < 1.29 is 16.8 Å². The highest BCUT2D eigenvalue weighted by atomic mass is 79.9. The van der Waals surface area contributed by atoms with Crippen LogP contribution in [0.15, 0.2) is 87.1 Å². The van der Waals surface area contributed by atoms with Gasteiger partial charge >= 0.3 is 0 Å². The van der Waals surface area contributed by atoms with E-state index in [1.54, 1.807) is 12.1 Å². The van der Waals surface area contributed by atoms with Crippen LogP contribution in [0.1, 0.15) is 45.4 Å². The van der Waals surface area contributed by atoms with E-state index in [0.717, 1.165) is 47.7 Å². The average molecular weight is 580 g/mol. The Morgan fingerprint density at radius 1 is 0.657 bits per heavy atom. The molecular weight excluding hydrogens is 548 g/mol. The number of rotatable bonds is 12. The number of sulfonamides is 2. The van der Waals surface area contributed by atoms with Crippen LogP contribution >= 0.6 is 15.9 Å². The molecular formula is C26H31BrN2O4S2. The molecule has 0 radical (unpaired) electrons. The largest absolute Gasteiger partial charge is 0.399 e. The number of nitrogens with two attached hydrogens (primary N) is 1. The number of hydrogen-bond donors (Lipinski definition) is 1. The molecule has 3 aromatic carbocycles. The van der Waals surface area contributed by atoms with Crippen molar-refractivity contribution in [3.05, 3.63) is 77.3 Å². The number of nitrogen functional groups attached to an aromatic ring is 1. The minimum absolute atomic E-state index is 0.0663. The molecule has 0 aliphatic rings. The van der Waals surface area contributed by atoms with Gasteiger partial charge < -0.3 is 5.73 Å². The molecule has 9 heteroatoms. The number of hydrogen-bond acceptors (Lipinski definition) is 5. The molecule has 6 nitrogen and oxygen atoms in total. The first-order chi connectivity index (χ1) is 16.7. The van der Waals surface area contributed by atoms with E-state index in [2.05, 4.69) is 22.9 Å². The lowest BCUT2D eigenvalue weighted by Crippen LogP contribution is -2.37. The normalized spacial score (nSPS) is 12.2. The zero-order valence-corrected chi connectivity index (χ0v) is 22.9. The fourth-order valence-electron chi connectivity index (χ4n) is 3.73. The molecule has 0 saturated carbocycles. The van der Waals surface area contributed by atoms with Crippen LogP contribution in [0.3, 0.4) is 0 Å². The van der Waals surface area contributed by atoms with Gasteiger partial charge in [0.15, 0.2) is 0 Å². The summed E-state index contributed by atoms with van der Waals surface area (Å²) in [6, 6.07) is 19.5. The van der Waals surface area contributed by atoms with Gasteiger partial charge in [0, 0.05) is 16.7 Å². The van der Waals surface area contributed by atoms with E-state index in [1.165, 1.54) is 36.4 Å². The second-order valence-corrected chi connectivity index (χ2v) is 13.2. The molecule has 0 aliphatic heterocycles. The van der Waals surface area contributed by atoms with Gasteiger partial charge in [0.25, 0.3) is 20.0 Å². The van der Waals surface area contributed by atoms with Crippen molar-refractivity contribution in [2.24, 2.45) is 0 Å². The van der Waals surface area contributed by atoms with E-state index < -0.39 is 20.0 Å². The lowest BCUT2D eigenvalue weighted by molar-refractivity contribution is 0.479. The minimum Gasteiger partial charge on any atom is -0.399 e. The Hall–Kier alpha value is -2.20. The Morgan fingerprint density at radius 3 is 1.60 bits per heavy atom. The van der Waals surface area contributed by atoms with Gasteiger partial charge in [0.05, 0.1) is 9.79 Å². The topological polar surface area (TPSA) is 97.5 Å². The van der Waals surface area contributed by atoms with Crippen LogP contribution in [0.25, 0.3) is 11.1 Å². The van der Waals surface area contributed by atoms with Crippen LogP contribution in [0, 0.1) is 0 Å². The Labute approximate surface area is 217 Å². The fourth-order valence-corrected chi connectivity index (χ4v) is 7.71. The van der Waals surface area contributed by atoms with Crippen LogP contribution in [-0.2, 0) is 20.0 Å². The van der Waals surface area contributed by atoms with E-state index in [1.807, 2.05) is 24.3 Å². The first kappa shape index (κ1) is 27.4. The highest BCUT2D eigenvalue weighted by molar-refractivity contribution is 9.10. The molecule has 0 aromatic heterocycles. The third kappa shape index (κ3) is 6.94. The number of benzene rings is 3. The summed E-state index contributed by atoms with van der Waals surface area (Å²) in [5.74, 6) is 0. The van der Waals surface area contributed by atoms with Gasteiger partial charge in [0.2, 0.25) is 0 Å². The highest BCUT2D eigenvalue weighted by Gasteiger charge is 2.36. The molecule has 0 bridgehead atoms. The summed E-state index contributed by atoms with van der Waals surface area (Å²) in [4.78, 5) is -0.170. The van der Waals surface area contributed by atoms with Crippen molar-refractivity contribution in [1.29, 1.82) is 0 Å². The predicted octanol–water partition coefficient (Wildman–Crippen LogP) is 6.44. The second-order valence-electron chi connectivity index (χ2n) is 8.37. The second kappa shape index (κ2) is 12.2. The monoisotopic (exact) mass is 578 g/mol. The van der Waals surface area contributed by atoms with Gasteiger partial charge in [-0.3, -0.25) is 0 Å². The average Bonchev–Trinajstić information content (AvgIpc) is 2.84. The first-order valence-corrected chi connectivity index (χ1v) is 15.3. The molecule has 0 unspecified atom stereocenters. The van der Waals surface area contributed by atoms with E-state index in [-0.39, 0.29) is 16.3 Å². The summed E-state index contributed by atoms with van der Waals surface area (Å²) < 4.78 is 55.7. The molecule has 0 amide bonds. The van der Waals surface area contributed by atoms with Crippen molar-refractivity contribution in [1.82, 2.24) is 3.71 Å². The number of halogens is 1. The lowest BCUT2D eigenvalue weighted by Gasteiger charge is -2.22. The SMILES string of the molecule is CCCCCCCCN(S(=O)(=O)c1ccc(N)cc1)S(=O)(=O)c1ccc(-c2ccc(Br)cc2)cc1. The quantitative estimate of drug-likeness (QED) is 0.197. The van der Waals surface area contributed by atoms with Gasteiger partial charge in [-0.2, -0.15) is 0 Å². The molecule has 2 N–H and O–H groups in total. The van der Waals surface area contributed by atoms with Crippen molar-refractivity contribution in [3.8, 4) is 11.1 Å². The summed E-state index contributed by atoms with van der Waals surface area (Å²) in [6.45, 7) is 2.01. The van der Waals surface area contributed by atoms with Gasteiger partial charge in [-0.05, 0) is 66.1 Å². The maximum atomic E-state index is 13.6. The van der Waals surface area contributed by atoms with E-state index in [9.17, 15) is 16.8 Å². The number of unbranched alkanes of at least 4 members (excludes halogenated alkanes) is 5. The molecule has 3 rings (SSSR count). The molecule has 0 heterocycles. The van der Waals surface area contributed by atoms with Crippen molar-refractivity contribution >= 4 is 41.7 Å². The highest BCUT2D eigenvalue weighted by Crippen LogP contribution is 2.28. The van der Waals surface area contributed by atoms with E-state index in [0.29, 0.717) is 15.8 Å². The van der Waals surface area contributed by atoms with Crippen molar-refractivity contribution in [2.75, 3.05) is 12.3 Å². The zero-order chi connectivity index (χ0) is 25.5. The zero-order valence-electron chi connectivity index (χ0n) is 19.7. The summed E-state index contributed by atoms with van der Waals surface area (Å²) in [7, 11) is -8.62. The third-order valence-electron chi connectivity index (χ3n) is 5.74. The molecule has 0 saturated heterocycles. The lowest BCUT2D eigenvalue weighted by atomic mass is 10.1. The molecule has 0 spiro atoms. The fraction of sp³-hybridized carbons (Fsp3) is 0.308. The Kier molecular flexibility index (Phi) is 9.52. The summed E-state index contributed by atoms with van der Waals surface area (Å²) >= 11 is 3.40. The maximum Gasteiger partial charge on any atom is 0.256 e. The smallest absolute Gasteiger partial charge is 0.256 e. The first-order valence-electron chi connectivity index (χ1n) is 11.7. The Balaban J connectivity index is 1.91. The van der Waals surface area contributed by atoms with Crippen molar-refractivity contribution in [2.45, 2.75) is 55.2 Å².